The first-order chi connectivity index (χ1) is 9.55. The van der Waals surface area contributed by atoms with E-state index in [1.165, 1.54) is 0 Å². The van der Waals surface area contributed by atoms with E-state index < -0.39 is 0 Å². The molecule has 2 heterocycles. The van der Waals surface area contributed by atoms with Gasteiger partial charge in [0, 0.05) is 19.1 Å². The van der Waals surface area contributed by atoms with Crippen LogP contribution in [0.1, 0.15) is 52.9 Å². The quantitative estimate of drug-likeness (QED) is 0.839. The van der Waals surface area contributed by atoms with Gasteiger partial charge in [0.2, 0.25) is 5.91 Å². The van der Waals surface area contributed by atoms with Crippen molar-refractivity contribution in [1.82, 2.24) is 10.2 Å². The highest BCUT2D eigenvalue weighted by Gasteiger charge is 2.59. The minimum atomic E-state index is -0.180. The van der Waals surface area contributed by atoms with Gasteiger partial charge < -0.3 is 9.64 Å². The van der Waals surface area contributed by atoms with Gasteiger partial charge in [-0.2, -0.15) is 0 Å². The smallest absolute Gasteiger partial charge is 0.244 e. The second kappa shape index (κ2) is 5.30. The third-order valence-corrected chi connectivity index (χ3v) is 5.11. The summed E-state index contributed by atoms with van der Waals surface area (Å²) in [5, 5.41) is 3.61. The molecule has 1 saturated carbocycles. The van der Waals surface area contributed by atoms with Crippen molar-refractivity contribution in [3.8, 4) is 0 Å². The summed E-state index contributed by atoms with van der Waals surface area (Å²) in [7, 11) is 0. The molecule has 3 aliphatic rings. The van der Waals surface area contributed by atoms with Gasteiger partial charge in [-0.3, -0.25) is 10.1 Å². The molecule has 0 radical (unpaired) electrons. The molecule has 1 spiro atoms. The molecule has 3 unspecified atom stereocenters. The lowest BCUT2D eigenvalue weighted by Gasteiger charge is -2.29. The normalized spacial score (nSPS) is 35.5. The van der Waals surface area contributed by atoms with Crippen LogP contribution in [0.2, 0.25) is 0 Å². The fraction of sp³-hybridized carbons (Fsp3) is 0.938. The Morgan fingerprint density at radius 2 is 2.20 bits per heavy atom. The lowest BCUT2D eigenvalue weighted by molar-refractivity contribution is -0.131. The van der Waals surface area contributed by atoms with Gasteiger partial charge in [0.1, 0.15) is 0 Å². The van der Waals surface area contributed by atoms with Crippen LogP contribution in [0.15, 0.2) is 0 Å². The summed E-state index contributed by atoms with van der Waals surface area (Å²) in [5.74, 6) is 1.48. The minimum Gasteiger partial charge on any atom is -0.378 e. The maximum absolute atomic E-state index is 12.7. The van der Waals surface area contributed by atoms with Gasteiger partial charge in [-0.1, -0.05) is 20.8 Å². The van der Waals surface area contributed by atoms with Crippen LogP contribution >= 0.6 is 0 Å². The van der Waals surface area contributed by atoms with E-state index in [-0.39, 0.29) is 11.7 Å². The number of rotatable bonds is 5. The molecule has 3 fully saturated rings. The molecule has 1 amide bonds. The molecule has 0 bridgehead atoms. The van der Waals surface area contributed by atoms with Gasteiger partial charge >= 0.3 is 0 Å². The Hall–Kier alpha value is -0.610. The summed E-state index contributed by atoms with van der Waals surface area (Å²) in [6, 6.07) is 0. The fourth-order valence-corrected chi connectivity index (χ4v) is 3.81. The number of nitrogens with one attached hydrogen (secondary N) is 1. The standard InChI is InChI=1S/C16H28N2O2/c1-4-13-12(5-8-20-13)10-18-14(9-11(2)3)17-16(6-7-16)15(18)19/h11-14,17H,4-10H2,1-3H3. The lowest BCUT2D eigenvalue weighted by Crippen LogP contribution is -2.42. The second-order valence-electron chi connectivity index (χ2n) is 7.20. The summed E-state index contributed by atoms with van der Waals surface area (Å²) in [4.78, 5) is 14.8. The molecule has 1 N–H and O–H groups in total. The molecule has 0 aromatic carbocycles. The van der Waals surface area contributed by atoms with Crippen LogP contribution < -0.4 is 5.32 Å². The first kappa shape index (κ1) is 14.3. The number of amides is 1. The second-order valence-corrected chi connectivity index (χ2v) is 7.20. The van der Waals surface area contributed by atoms with Gasteiger partial charge in [0.25, 0.3) is 0 Å². The average molecular weight is 280 g/mol. The summed E-state index contributed by atoms with van der Waals surface area (Å²) in [6.07, 6.45) is 5.84. The van der Waals surface area contributed by atoms with Crippen LogP contribution in [0.3, 0.4) is 0 Å². The molecule has 0 aromatic heterocycles. The van der Waals surface area contributed by atoms with Crippen LogP contribution in [0.5, 0.6) is 0 Å². The van der Waals surface area contributed by atoms with E-state index in [0.29, 0.717) is 23.8 Å². The van der Waals surface area contributed by atoms with Gasteiger partial charge in [-0.05, 0) is 38.0 Å². The van der Waals surface area contributed by atoms with Crippen molar-refractivity contribution in [2.24, 2.45) is 11.8 Å². The minimum absolute atomic E-state index is 0.180. The maximum atomic E-state index is 12.7. The van der Waals surface area contributed by atoms with E-state index in [0.717, 1.165) is 45.3 Å². The Morgan fingerprint density at radius 3 is 2.80 bits per heavy atom. The molecule has 3 atom stereocenters. The third-order valence-electron chi connectivity index (χ3n) is 5.11. The van der Waals surface area contributed by atoms with Crippen molar-refractivity contribution in [1.29, 1.82) is 0 Å². The van der Waals surface area contributed by atoms with Crippen molar-refractivity contribution in [2.45, 2.75) is 70.7 Å². The zero-order valence-electron chi connectivity index (χ0n) is 13.0. The number of nitrogens with zero attached hydrogens (tertiary/aromatic N) is 1. The summed E-state index contributed by atoms with van der Waals surface area (Å²) < 4.78 is 5.79. The van der Waals surface area contributed by atoms with Crippen LogP contribution in [-0.4, -0.2) is 41.8 Å². The zero-order chi connectivity index (χ0) is 14.3. The number of carbonyl (C=O) groups excluding carboxylic acids is 1. The van der Waals surface area contributed by atoms with Crippen LogP contribution in [0, 0.1) is 11.8 Å². The number of hydrogen-bond acceptors (Lipinski definition) is 3. The molecule has 114 valence electrons. The first-order valence-corrected chi connectivity index (χ1v) is 8.26. The van der Waals surface area contributed by atoms with Crippen LogP contribution in [0.4, 0.5) is 0 Å². The van der Waals surface area contributed by atoms with E-state index in [2.05, 4.69) is 31.0 Å². The molecular formula is C16H28N2O2. The monoisotopic (exact) mass is 280 g/mol. The van der Waals surface area contributed by atoms with Crippen molar-refractivity contribution >= 4 is 5.91 Å². The van der Waals surface area contributed by atoms with E-state index in [1.54, 1.807) is 0 Å². The van der Waals surface area contributed by atoms with Gasteiger partial charge in [-0.25, -0.2) is 0 Å². The lowest BCUT2D eigenvalue weighted by atomic mass is 9.98. The largest absolute Gasteiger partial charge is 0.378 e. The molecule has 2 aliphatic heterocycles. The average Bonchev–Trinajstić information content (AvgIpc) is 2.96. The molecule has 4 heteroatoms. The van der Waals surface area contributed by atoms with Crippen LogP contribution in [-0.2, 0) is 9.53 Å². The summed E-state index contributed by atoms with van der Waals surface area (Å²) in [6.45, 7) is 8.38. The molecule has 20 heavy (non-hydrogen) atoms. The Labute approximate surface area is 122 Å². The summed E-state index contributed by atoms with van der Waals surface area (Å²) in [5.41, 5.74) is -0.180. The van der Waals surface area contributed by atoms with Gasteiger partial charge in [0.05, 0.1) is 17.8 Å². The SMILES string of the molecule is CCC1OCCC1CN1C(=O)C2(CC2)NC1CC(C)C. The molecule has 4 nitrogen and oxygen atoms in total. The topological polar surface area (TPSA) is 41.6 Å². The van der Waals surface area contributed by atoms with E-state index in [1.807, 2.05) is 0 Å². The van der Waals surface area contributed by atoms with Crippen molar-refractivity contribution < 1.29 is 9.53 Å². The van der Waals surface area contributed by atoms with Gasteiger partial charge in [0.15, 0.2) is 0 Å². The third kappa shape index (κ3) is 2.48. The van der Waals surface area contributed by atoms with E-state index in [9.17, 15) is 4.79 Å². The van der Waals surface area contributed by atoms with E-state index in [4.69, 9.17) is 4.74 Å². The Bertz CT molecular complexity index is 379. The summed E-state index contributed by atoms with van der Waals surface area (Å²) >= 11 is 0. The highest BCUT2D eigenvalue weighted by Crippen LogP contribution is 2.43. The Morgan fingerprint density at radius 1 is 1.45 bits per heavy atom. The number of carbonyl (C=O) groups is 1. The van der Waals surface area contributed by atoms with Crippen molar-refractivity contribution in [3.63, 3.8) is 0 Å². The number of ether oxygens (including phenoxy) is 1. The first-order valence-electron chi connectivity index (χ1n) is 8.26. The Kier molecular flexibility index (Phi) is 3.80. The Balaban J connectivity index is 1.69. The number of hydrogen-bond donors (Lipinski definition) is 1. The fourth-order valence-electron chi connectivity index (χ4n) is 3.81. The zero-order valence-corrected chi connectivity index (χ0v) is 13.0. The molecule has 2 saturated heterocycles. The van der Waals surface area contributed by atoms with Crippen molar-refractivity contribution in [2.75, 3.05) is 13.2 Å². The van der Waals surface area contributed by atoms with Crippen LogP contribution in [0.25, 0.3) is 0 Å². The molecule has 3 rings (SSSR count). The molecule has 1 aliphatic carbocycles. The van der Waals surface area contributed by atoms with E-state index >= 15 is 0 Å². The predicted octanol–water partition coefficient (Wildman–Crippen LogP) is 2.14. The van der Waals surface area contributed by atoms with Crippen molar-refractivity contribution in [3.05, 3.63) is 0 Å². The van der Waals surface area contributed by atoms with Gasteiger partial charge in [-0.15, -0.1) is 0 Å². The molecular weight excluding hydrogens is 252 g/mol. The highest BCUT2D eigenvalue weighted by molar-refractivity contribution is 5.91. The highest BCUT2D eigenvalue weighted by atomic mass is 16.5. The predicted molar refractivity (Wildman–Crippen MR) is 78.2 cm³/mol. The molecule has 0 aromatic rings. The maximum Gasteiger partial charge on any atom is 0.244 e.